The lowest BCUT2D eigenvalue weighted by atomic mass is 10.1. The molecule has 5 aromatic rings. The van der Waals surface area contributed by atoms with E-state index in [2.05, 4.69) is 15.0 Å². The van der Waals surface area contributed by atoms with Gasteiger partial charge in [0.05, 0.1) is 18.2 Å². The van der Waals surface area contributed by atoms with E-state index in [0.717, 1.165) is 48.5 Å². The lowest BCUT2D eigenvalue weighted by Gasteiger charge is -2.13. The molecule has 2 aliphatic rings. The molecule has 1 aromatic carbocycles. The Balaban J connectivity index is 1.19. The number of methoxy groups -OCH3 is 1. The van der Waals surface area contributed by atoms with Crippen LogP contribution in [-0.4, -0.2) is 41.2 Å². The minimum Gasteiger partial charge on any atom is -0.480 e. The van der Waals surface area contributed by atoms with E-state index >= 15 is 0 Å². The number of imidazole rings is 1. The number of alkyl halides is 3. The zero-order valence-electron chi connectivity index (χ0n) is 22.4. The third kappa shape index (κ3) is 4.76. The molecule has 9 nitrogen and oxygen atoms in total. The van der Waals surface area contributed by atoms with Gasteiger partial charge in [-0.05, 0) is 37.3 Å². The number of benzene rings is 1. The van der Waals surface area contributed by atoms with Gasteiger partial charge >= 0.3 is 6.18 Å². The quantitative estimate of drug-likeness (QED) is 0.226. The predicted molar refractivity (Wildman–Crippen MR) is 143 cm³/mol. The monoisotopic (exact) mass is 561 g/mol. The molecule has 7 rings (SSSR count). The molecule has 12 heteroatoms. The highest BCUT2D eigenvalue weighted by Crippen LogP contribution is 2.45. The van der Waals surface area contributed by atoms with E-state index in [1.807, 2.05) is 36.0 Å². The molecule has 0 N–H and O–H groups in total. The number of fused-ring (bicyclic) bond motifs is 1. The summed E-state index contributed by atoms with van der Waals surface area (Å²) in [7, 11) is 3.46. The van der Waals surface area contributed by atoms with Gasteiger partial charge in [0.25, 0.3) is 0 Å². The lowest BCUT2D eigenvalue weighted by molar-refractivity contribution is -0.140. The Morgan fingerprint density at radius 1 is 0.951 bits per heavy atom. The Kier molecular flexibility index (Phi) is 5.95. The molecule has 4 aromatic heterocycles. The summed E-state index contributed by atoms with van der Waals surface area (Å²) >= 11 is 0. The molecule has 0 unspecified atom stereocenters. The molecule has 2 saturated carbocycles. The number of ether oxygens (including phenoxy) is 2. The summed E-state index contributed by atoms with van der Waals surface area (Å²) in [6, 6.07) is 9.17. The number of hydrogen-bond donors (Lipinski definition) is 0. The smallest absolute Gasteiger partial charge is 0.434 e. The van der Waals surface area contributed by atoms with Gasteiger partial charge in [0.2, 0.25) is 11.8 Å². The van der Waals surface area contributed by atoms with Crippen LogP contribution in [0, 0.1) is 0 Å². The van der Waals surface area contributed by atoms with Crippen molar-refractivity contribution in [1.29, 1.82) is 0 Å². The van der Waals surface area contributed by atoms with Gasteiger partial charge in [-0.3, -0.25) is 0 Å². The molecule has 0 radical (unpaired) electrons. The molecule has 0 spiro atoms. The summed E-state index contributed by atoms with van der Waals surface area (Å²) in [6.45, 7) is 0.198. The molecule has 4 heterocycles. The highest BCUT2D eigenvalue weighted by Gasteiger charge is 2.37. The van der Waals surface area contributed by atoms with Gasteiger partial charge in [-0.15, -0.1) is 0 Å². The van der Waals surface area contributed by atoms with E-state index in [-0.39, 0.29) is 12.6 Å². The molecule has 0 saturated heterocycles. The van der Waals surface area contributed by atoms with Gasteiger partial charge < -0.3 is 18.6 Å². The van der Waals surface area contributed by atoms with Gasteiger partial charge in [0, 0.05) is 37.0 Å². The van der Waals surface area contributed by atoms with Gasteiger partial charge in [-0.1, -0.05) is 24.3 Å². The van der Waals surface area contributed by atoms with Crippen molar-refractivity contribution in [3.05, 3.63) is 66.0 Å². The third-order valence-electron chi connectivity index (χ3n) is 7.46. The zero-order chi connectivity index (χ0) is 28.3. The second-order valence-corrected chi connectivity index (χ2v) is 10.5. The van der Waals surface area contributed by atoms with Crippen molar-refractivity contribution in [3.63, 3.8) is 0 Å². The molecule has 0 aliphatic heterocycles. The largest absolute Gasteiger partial charge is 0.480 e. The maximum absolute atomic E-state index is 13.3. The maximum atomic E-state index is 13.3. The minimum absolute atomic E-state index is 0.0610. The SMILES string of the molecule is COc1ncnc(C2CC2)c1-c1nc(OCc2ccc(-c3nc(C(F)(F)F)cn3C3CC3)cc2)c2ccn(C)c2n1. The van der Waals surface area contributed by atoms with Crippen LogP contribution in [0.2, 0.25) is 0 Å². The summed E-state index contributed by atoms with van der Waals surface area (Å²) < 4.78 is 55.3. The van der Waals surface area contributed by atoms with E-state index in [1.54, 1.807) is 23.8 Å². The van der Waals surface area contributed by atoms with Crippen LogP contribution in [0.15, 0.2) is 49.1 Å². The fourth-order valence-corrected chi connectivity index (χ4v) is 5.02. The van der Waals surface area contributed by atoms with Crippen LogP contribution in [0.4, 0.5) is 13.2 Å². The minimum atomic E-state index is -4.49. The second-order valence-electron chi connectivity index (χ2n) is 10.5. The Morgan fingerprint density at radius 3 is 2.41 bits per heavy atom. The Hall–Kier alpha value is -4.48. The fourth-order valence-electron chi connectivity index (χ4n) is 5.02. The Labute approximate surface area is 233 Å². The van der Waals surface area contributed by atoms with E-state index in [4.69, 9.17) is 19.4 Å². The van der Waals surface area contributed by atoms with E-state index < -0.39 is 11.9 Å². The van der Waals surface area contributed by atoms with Gasteiger partial charge in [-0.2, -0.15) is 18.2 Å². The summed E-state index contributed by atoms with van der Waals surface area (Å²) in [5, 5.41) is 0.753. The summed E-state index contributed by atoms with van der Waals surface area (Å²) in [5.41, 5.74) is 2.81. The average molecular weight is 562 g/mol. The van der Waals surface area contributed by atoms with Crippen LogP contribution < -0.4 is 9.47 Å². The highest BCUT2D eigenvalue weighted by atomic mass is 19.4. The number of aryl methyl sites for hydroxylation is 1. The van der Waals surface area contributed by atoms with Crippen molar-refractivity contribution >= 4 is 11.0 Å². The molecule has 0 bridgehead atoms. The van der Waals surface area contributed by atoms with E-state index in [0.29, 0.717) is 46.1 Å². The molecular weight excluding hydrogens is 535 g/mol. The van der Waals surface area contributed by atoms with Crippen LogP contribution in [0.1, 0.15) is 54.6 Å². The van der Waals surface area contributed by atoms with Crippen LogP contribution in [0.5, 0.6) is 11.8 Å². The molecule has 210 valence electrons. The third-order valence-corrected chi connectivity index (χ3v) is 7.46. The number of halogens is 3. The first-order valence-corrected chi connectivity index (χ1v) is 13.4. The average Bonchev–Trinajstić information content (AvgIpc) is 3.91. The van der Waals surface area contributed by atoms with Crippen molar-refractivity contribution < 1.29 is 22.6 Å². The molecule has 41 heavy (non-hydrogen) atoms. The summed E-state index contributed by atoms with van der Waals surface area (Å²) in [6.07, 6.45) is 3.80. The topological polar surface area (TPSA) is 92.8 Å². The number of nitrogens with zero attached hydrogens (tertiary/aromatic N) is 7. The maximum Gasteiger partial charge on any atom is 0.434 e. The fraction of sp³-hybridized carbons (Fsp3) is 0.345. The standard InChI is InChI=1S/C29H26F3N7O2/c1-38-12-11-20-26(38)36-24(22-23(17-7-8-17)33-15-34-28(22)40-2)37-27(20)41-14-16-3-5-18(6-4-16)25-35-21(29(30,31)32)13-39(25)19-9-10-19/h3-6,11-13,15,17,19H,7-10,14H2,1-2H3. The first-order valence-electron chi connectivity index (χ1n) is 13.4. The van der Waals surface area contributed by atoms with Crippen molar-refractivity contribution in [3.8, 4) is 34.5 Å². The van der Waals surface area contributed by atoms with Crippen LogP contribution in [0.3, 0.4) is 0 Å². The van der Waals surface area contributed by atoms with E-state index in [1.165, 1.54) is 6.33 Å². The number of hydrogen-bond acceptors (Lipinski definition) is 7. The first-order chi connectivity index (χ1) is 19.8. The van der Waals surface area contributed by atoms with Gasteiger partial charge in [0.1, 0.15) is 30.0 Å². The molecular formula is C29H26F3N7O2. The molecule has 2 aliphatic carbocycles. The van der Waals surface area contributed by atoms with Crippen molar-refractivity contribution in [2.45, 2.75) is 50.4 Å². The Bertz CT molecular complexity index is 1750. The van der Waals surface area contributed by atoms with E-state index in [9.17, 15) is 13.2 Å². The van der Waals surface area contributed by atoms with Gasteiger partial charge in [-0.25, -0.2) is 19.9 Å². The van der Waals surface area contributed by atoms with Crippen LogP contribution >= 0.6 is 0 Å². The summed E-state index contributed by atoms with van der Waals surface area (Å²) in [5.74, 6) is 1.89. The van der Waals surface area contributed by atoms with Gasteiger partial charge in [0.15, 0.2) is 11.5 Å². The van der Waals surface area contributed by atoms with Crippen molar-refractivity contribution in [2.75, 3.05) is 7.11 Å². The normalized spacial score (nSPS) is 15.4. The highest BCUT2D eigenvalue weighted by molar-refractivity contribution is 5.84. The molecule has 2 fully saturated rings. The van der Waals surface area contributed by atoms with Crippen LogP contribution in [-0.2, 0) is 19.8 Å². The molecule has 0 amide bonds. The van der Waals surface area contributed by atoms with Crippen molar-refractivity contribution in [2.24, 2.45) is 7.05 Å². The molecule has 0 atom stereocenters. The first kappa shape index (κ1) is 25.5. The zero-order valence-corrected chi connectivity index (χ0v) is 22.4. The summed E-state index contributed by atoms with van der Waals surface area (Å²) in [4.78, 5) is 22.3. The van der Waals surface area contributed by atoms with Crippen LogP contribution in [0.25, 0.3) is 33.8 Å². The Morgan fingerprint density at radius 2 is 1.73 bits per heavy atom. The second kappa shape index (κ2) is 9.57. The number of rotatable bonds is 8. The lowest BCUT2D eigenvalue weighted by Crippen LogP contribution is -2.05. The number of aromatic nitrogens is 7. The van der Waals surface area contributed by atoms with Crippen molar-refractivity contribution in [1.82, 2.24) is 34.1 Å². The predicted octanol–water partition coefficient (Wildman–Crippen LogP) is 6.11.